The van der Waals surface area contributed by atoms with Crippen LogP contribution in [0.4, 0.5) is 13.2 Å². The monoisotopic (exact) mass is 266 g/mol. The normalized spacial score (nSPS) is 16.7. The van der Waals surface area contributed by atoms with E-state index in [4.69, 9.17) is 0 Å². The van der Waals surface area contributed by atoms with Crippen LogP contribution in [-0.4, -0.2) is 43.0 Å². The fourth-order valence-corrected chi connectivity index (χ4v) is 1.99. The molecule has 0 aromatic heterocycles. The molecule has 0 saturated heterocycles. The van der Waals surface area contributed by atoms with Gasteiger partial charge in [-0.25, -0.2) is 0 Å². The van der Waals surface area contributed by atoms with Crippen LogP contribution < -0.4 is 5.32 Å². The summed E-state index contributed by atoms with van der Waals surface area (Å²) in [5, 5.41) is 2.39. The molecule has 1 aliphatic rings. The van der Waals surface area contributed by atoms with Gasteiger partial charge >= 0.3 is 6.18 Å². The molecule has 0 aromatic carbocycles. The molecule has 0 aliphatic heterocycles. The lowest BCUT2D eigenvalue weighted by atomic mass is 10.1. The molecule has 7 heteroatoms. The van der Waals surface area contributed by atoms with E-state index in [0.717, 1.165) is 32.7 Å². The van der Waals surface area contributed by atoms with Gasteiger partial charge in [-0.15, -0.1) is 0 Å². The van der Waals surface area contributed by atoms with Gasteiger partial charge in [-0.05, 0) is 12.8 Å². The Morgan fingerprint density at radius 1 is 1.28 bits per heavy atom. The zero-order chi connectivity index (χ0) is 13.8. The van der Waals surface area contributed by atoms with Crippen LogP contribution in [0, 0.1) is 5.92 Å². The molecule has 0 atom stereocenters. The molecule has 1 N–H and O–H groups in total. The molecule has 104 valence electrons. The first-order valence-electron chi connectivity index (χ1n) is 5.88. The number of halogens is 3. The van der Waals surface area contributed by atoms with E-state index in [-0.39, 0.29) is 18.4 Å². The predicted molar refractivity (Wildman–Crippen MR) is 58.7 cm³/mol. The van der Waals surface area contributed by atoms with Gasteiger partial charge in [0.2, 0.25) is 11.8 Å². The molecule has 0 heterocycles. The van der Waals surface area contributed by atoms with Gasteiger partial charge in [0.25, 0.3) is 0 Å². The summed E-state index contributed by atoms with van der Waals surface area (Å²) in [6.45, 7) is -1.67. The van der Waals surface area contributed by atoms with Crippen molar-refractivity contribution in [3.8, 4) is 0 Å². The summed E-state index contributed by atoms with van der Waals surface area (Å²) < 4.78 is 36.1. The highest BCUT2D eigenvalue weighted by Gasteiger charge is 2.31. The van der Waals surface area contributed by atoms with Gasteiger partial charge in [-0.3, -0.25) is 9.59 Å². The number of nitrogens with one attached hydrogen (secondary N) is 1. The highest BCUT2D eigenvalue weighted by atomic mass is 19.4. The average molecular weight is 266 g/mol. The van der Waals surface area contributed by atoms with Gasteiger partial charge < -0.3 is 10.2 Å². The van der Waals surface area contributed by atoms with Crippen molar-refractivity contribution >= 4 is 11.8 Å². The topological polar surface area (TPSA) is 49.4 Å². The fraction of sp³-hybridized carbons (Fsp3) is 0.818. The Bertz CT molecular complexity index is 312. The number of nitrogens with zero attached hydrogens (tertiary/aromatic N) is 1. The quantitative estimate of drug-likeness (QED) is 0.834. The molecule has 0 unspecified atom stereocenters. The first kappa shape index (κ1) is 14.8. The van der Waals surface area contributed by atoms with E-state index in [0.29, 0.717) is 4.90 Å². The molecule has 0 radical (unpaired) electrons. The second-order valence-electron chi connectivity index (χ2n) is 4.56. The standard InChI is InChI=1S/C11H17F3N2O2/c1-16(7-11(12,13)14)9(17)6-15-10(18)8-4-2-3-5-8/h8H,2-7H2,1H3,(H,15,18). The lowest BCUT2D eigenvalue weighted by molar-refractivity contribution is -0.158. The van der Waals surface area contributed by atoms with Gasteiger partial charge in [0, 0.05) is 13.0 Å². The molecule has 1 saturated carbocycles. The molecule has 1 fully saturated rings. The minimum absolute atomic E-state index is 0.0919. The Kier molecular flexibility index (Phi) is 4.98. The number of alkyl halides is 3. The van der Waals surface area contributed by atoms with Crippen LogP contribution in [0.1, 0.15) is 25.7 Å². The van der Waals surface area contributed by atoms with Crippen molar-refractivity contribution in [1.29, 1.82) is 0 Å². The summed E-state index contributed by atoms with van der Waals surface area (Å²) in [7, 11) is 1.07. The van der Waals surface area contributed by atoms with E-state index in [2.05, 4.69) is 5.32 Å². The molecule has 0 aromatic rings. The van der Waals surface area contributed by atoms with Crippen molar-refractivity contribution in [3.05, 3.63) is 0 Å². The molecular weight excluding hydrogens is 249 g/mol. The lowest BCUT2D eigenvalue weighted by Crippen LogP contribution is -2.43. The zero-order valence-electron chi connectivity index (χ0n) is 10.2. The molecule has 0 spiro atoms. The highest BCUT2D eigenvalue weighted by Crippen LogP contribution is 2.24. The summed E-state index contributed by atoms with van der Waals surface area (Å²) in [6.07, 6.45) is -0.864. The number of rotatable bonds is 4. The van der Waals surface area contributed by atoms with Crippen LogP contribution >= 0.6 is 0 Å². The van der Waals surface area contributed by atoms with Gasteiger partial charge in [-0.2, -0.15) is 13.2 Å². The molecular formula is C11H17F3N2O2. The molecule has 1 aliphatic carbocycles. The number of hydrogen-bond acceptors (Lipinski definition) is 2. The van der Waals surface area contributed by atoms with E-state index in [1.54, 1.807) is 0 Å². The SMILES string of the molecule is CN(CC(F)(F)F)C(=O)CNC(=O)C1CCCC1. The highest BCUT2D eigenvalue weighted by molar-refractivity contribution is 5.85. The third-order valence-corrected chi connectivity index (χ3v) is 2.98. The Hall–Kier alpha value is -1.27. The Labute approximate surface area is 104 Å². The smallest absolute Gasteiger partial charge is 0.347 e. The van der Waals surface area contributed by atoms with Gasteiger partial charge in [0.15, 0.2) is 0 Å². The maximum Gasteiger partial charge on any atom is 0.406 e. The third-order valence-electron chi connectivity index (χ3n) is 2.98. The summed E-state index contributed by atoms with van der Waals surface area (Å²) in [4.78, 5) is 23.5. The molecule has 18 heavy (non-hydrogen) atoms. The third kappa shape index (κ3) is 4.93. The minimum atomic E-state index is -4.42. The van der Waals surface area contributed by atoms with Crippen molar-refractivity contribution in [2.75, 3.05) is 20.1 Å². The lowest BCUT2D eigenvalue weighted by Gasteiger charge is -2.19. The Balaban J connectivity index is 2.29. The molecule has 0 bridgehead atoms. The minimum Gasteiger partial charge on any atom is -0.347 e. The predicted octanol–water partition coefficient (Wildman–Crippen LogP) is 1.31. The van der Waals surface area contributed by atoms with Gasteiger partial charge in [0.05, 0.1) is 6.54 Å². The fourth-order valence-electron chi connectivity index (χ4n) is 1.99. The van der Waals surface area contributed by atoms with Crippen molar-refractivity contribution in [3.63, 3.8) is 0 Å². The van der Waals surface area contributed by atoms with Crippen LogP contribution in [0.25, 0.3) is 0 Å². The zero-order valence-corrected chi connectivity index (χ0v) is 10.2. The Morgan fingerprint density at radius 2 is 1.83 bits per heavy atom. The average Bonchev–Trinajstić information content (AvgIpc) is 2.76. The number of carbonyl (C=O) groups is 2. The summed E-state index contributed by atoms with van der Waals surface area (Å²) >= 11 is 0. The van der Waals surface area contributed by atoms with E-state index >= 15 is 0 Å². The number of likely N-dealkylation sites (N-methyl/N-ethyl adjacent to an activating group) is 1. The van der Waals surface area contributed by atoms with Crippen LogP contribution in [0.3, 0.4) is 0 Å². The summed E-state index contributed by atoms with van der Waals surface area (Å²) in [6, 6.07) is 0. The summed E-state index contributed by atoms with van der Waals surface area (Å²) in [5.41, 5.74) is 0. The number of amides is 2. The van der Waals surface area contributed by atoms with Gasteiger partial charge in [0.1, 0.15) is 6.54 Å². The molecule has 2 amide bonds. The number of hydrogen-bond donors (Lipinski definition) is 1. The maximum absolute atomic E-state index is 12.0. The second kappa shape index (κ2) is 6.06. The largest absolute Gasteiger partial charge is 0.406 e. The van der Waals surface area contributed by atoms with E-state index in [1.165, 1.54) is 0 Å². The van der Waals surface area contributed by atoms with Crippen molar-refractivity contribution < 1.29 is 22.8 Å². The maximum atomic E-state index is 12.0. The van der Waals surface area contributed by atoms with Crippen LogP contribution in [-0.2, 0) is 9.59 Å². The Morgan fingerprint density at radius 3 is 2.33 bits per heavy atom. The van der Waals surface area contributed by atoms with E-state index in [1.807, 2.05) is 0 Å². The first-order valence-corrected chi connectivity index (χ1v) is 5.88. The van der Waals surface area contributed by atoms with Crippen LogP contribution in [0.5, 0.6) is 0 Å². The second-order valence-corrected chi connectivity index (χ2v) is 4.56. The van der Waals surface area contributed by atoms with Crippen molar-refractivity contribution in [2.24, 2.45) is 5.92 Å². The first-order chi connectivity index (χ1) is 8.29. The molecule has 1 rings (SSSR count). The van der Waals surface area contributed by atoms with Crippen LogP contribution in [0.2, 0.25) is 0 Å². The van der Waals surface area contributed by atoms with E-state index < -0.39 is 18.6 Å². The summed E-state index contributed by atoms with van der Waals surface area (Å²) in [5.74, 6) is -1.06. The van der Waals surface area contributed by atoms with Crippen molar-refractivity contribution in [1.82, 2.24) is 10.2 Å². The van der Waals surface area contributed by atoms with Crippen LogP contribution in [0.15, 0.2) is 0 Å². The molecule has 4 nitrogen and oxygen atoms in total. The van der Waals surface area contributed by atoms with E-state index in [9.17, 15) is 22.8 Å². The van der Waals surface area contributed by atoms with Crippen molar-refractivity contribution in [2.45, 2.75) is 31.9 Å². The number of carbonyl (C=O) groups excluding carboxylic acids is 2. The van der Waals surface area contributed by atoms with Gasteiger partial charge in [-0.1, -0.05) is 12.8 Å².